The molecule has 23 heavy (non-hydrogen) atoms. The monoisotopic (exact) mass is 337 g/mol. The van der Waals surface area contributed by atoms with Crippen LogP contribution in [-0.4, -0.2) is 41.3 Å². The highest BCUT2D eigenvalue weighted by Gasteiger charge is 2.21. The normalized spacial score (nSPS) is 11.3. The van der Waals surface area contributed by atoms with Crippen molar-refractivity contribution in [2.75, 3.05) is 18.6 Å². The van der Waals surface area contributed by atoms with E-state index in [-0.39, 0.29) is 17.2 Å². The van der Waals surface area contributed by atoms with Gasteiger partial charge < -0.3 is 10.6 Å². The van der Waals surface area contributed by atoms with Crippen LogP contribution in [0, 0.1) is 10.1 Å². The van der Waals surface area contributed by atoms with Gasteiger partial charge in [0.1, 0.15) is 6.04 Å². The first-order valence-electron chi connectivity index (χ1n) is 6.92. The van der Waals surface area contributed by atoms with Crippen molar-refractivity contribution in [3.8, 4) is 0 Å². The molecule has 0 aliphatic rings. The Bertz CT molecular complexity index is 592. The zero-order chi connectivity index (χ0) is 17.2. The number of rotatable bonds is 9. The first-order chi connectivity index (χ1) is 11.0. The average molecular weight is 337 g/mol. The molecule has 7 nitrogen and oxygen atoms in total. The lowest BCUT2D eigenvalue weighted by atomic mass is 10.1. The first kappa shape index (κ1) is 18.7. The second kappa shape index (κ2) is 9.62. The van der Waals surface area contributed by atoms with Crippen LogP contribution in [-0.2, 0) is 4.79 Å². The van der Waals surface area contributed by atoms with Gasteiger partial charge in [-0.05, 0) is 24.5 Å². The molecule has 0 unspecified atom stereocenters. The van der Waals surface area contributed by atoms with Crippen molar-refractivity contribution < 1.29 is 14.5 Å². The van der Waals surface area contributed by atoms with E-state index in [1.807, 2.05) is 6.26 Å². The molecular weight excluding hydrogens is 318 g/mol. The summed E-state index contributed by atoms with van der Waals surface area (Å²) in [6, 6.07) is 4.69. The van der Waals surface area contributed by atoms with Crippen LogP contribution < -0.4 is 10.6 Å². The molecule has 8 heteroatoms. The quantitative estimate of drug-likeness (QED) is 0.406. The fourth-order valence-electron chi connectivity index (χ4n) is 1.80. The minimum absolute atomic E-state index is 0.143. The van der Waals surface area contributed by atoms with Crippen LogP contribution >= 0.6 is 11.8 Å². The number of amides is 2. The Morgan fingerprint density at radius 1 is 1.48 bits per heavy atom. The van der Waals surface area contributed by atoms with Crippen LogP contribution in [0.4, 0.5) is 5.69 Å². The van der Waals surface area contributed by atoms with Crippen molar-refractivity contribution in [3.05, 3.63) is 52.6 Å². The van der Waals surface area contributed by atoms with Crippen LogP contribution in [0.15, 0.2) is 36.9 Å². The summed E-state index contributed by atoms with van der Waals surface area (Å²) in [5.41, 5.74) is -0.0284. The zero-order valence-corrected chi connectivity index (χ0v) is 13.6. The average Bonchev–Trinajstić information content (AvgIpc) is 2.56. The van der Waals surface area contributed by atoms with Gasteiger partial charge in [-0.1, -0.05) is 12.1 Å². The molecule has 0 bridgehead atoms. The number of nitro groups is 1. The number of benzene rings is 1. The summed E-state index contributed by atoms with van der Waals surface area (Å²) in [7, 11) is 0. The third kappa shape index (κ3) is 6.11. The fourth-order valence-corrected chi connectivity index (χ4v) is 2.27. The number of non-ortho nitro benzene ring substituents is 1. The molecular formula is C15H19N3O4S. The summed E-state index contributed by atoms with van der Waals surface area (Å²) >= 11 is 1.56. The van der Waals surface area contributed by atoms with E-state index < -0.39 is 16.9 Å². The molecule has 0 aromatic heterocycles. The summed E-state index contributed by atoms with van der Waals surface area (Å²) < 4.78 is 0. The van der Waals surface area contributed by atoms with Crippen molar-refractivity contribution in [1.82, 2.24) is 10.6 Å². The molecule has 2 N–H and O–H groups in total. The van der Waals surface area contributed by atoms with Gasteiger partial charge in [-0.15, -0.1) is 6.58 Å². The van der Waals surface area contributed by atoms with Crippen LogP contribution in [0.5, 0.6) is 0 Å². The van der Waals surface area contributed by atoms with Crippen LogP contribution in [0.3, 0.4) is 0 Å². The van der Waals surface area contributed by atoms with E-state index in [9.17, 15) is 19.7 Å². The van der Waals surface area contributed by atoms with Crippen LogP contribution in [0.1, 0.15) is 16.8 Å². The summed E-state index contributed by atoms with van der Waals surface area (Å²) in [5.74, 6) is -0.132. The summed E-state index contributed by atoms with van der Waals surface area (Å²) in [6.07, 6.45) is 3.91. The molecule has 0 radical (unpaired) electrons. The number of nitrogens with one attached hydrogen (secondary N) is 2. The lowest BCUT2D eigenvalue weighted by molar-refractivity contribution is -0.384. The Balaban J connectivity index is 2.82. The van der Waals surface area contributed by atoms with Crippen molar-refractivity contribution in [3.63, 3.8) is 0 Å². The van der Waals surface area contributed by atoms with Crippen LogP contribution in [0.25, 0.3) is 0 Å². The summed E-state index contributed by atoms with van der Waals surface area (Å²) in [5, 5.41) is 16.0. The van der Waals surface area contributed by atoms with E-state index in [2.05, 4.69) is 17.2 Å². The maximum Gasteiger partial charge on any atom is 0.270 e. The lowest BCUT2D eigenvalue weighted by Crippen LogP contribution is -2.47. The van der Waals surface area contributed by atoms with E-state index in [0.29, 0.717) is 18.7 Å². The van der Waals surface area contributed by atoms with E-state index in [1.54, 1.807) is 17.8 Å². The number of carbonyl (C=O) groups is 2. The Kier molecular flexibility index (Phi) is 7.82. The second-order valence-electron chi connectivity index (χ2n) is 4.65. The van der Waals surface area contributed by atoms with Crippen molar-refractivity contribution in [2.24, 2.45) is 0 Å². The molecule has 0 spiro atoms. The van der Waals surface area contributed by atoms with Gasteiger partial charge in [-0.3, -0.25) is 19.7 Å². The maximum atomic E-state index is 12.2. The zero-order valence-electron chi connectivity index (χ0n) is 12.8. The Morgan fingerprint density at radius 2 is 2.22 bits per heavy atom. The number of carbonyl (C=O) groups excluding carboxylic acids is 2. The molecule has 0 saturated heterocycles. The molecule has 0 fully saturated rings. The number of hydrogen-bond acceptors (Lipinski definition) is 5. The molecule has 1 aromatic rings. The van der Waals surface area contributed by atoms with Gasteiger partial charge in [0.2, 0.25) is 5.91 Å². The standard InChI is InChI=1S/C15H19N3O4S/c1-3-8-16-15(20)13(7-9-23-2)17-14(19)11-5-4-6-12(10-11)18(21)22/h3-6,10,13H,1,7-9H2,2H3,(H,16,20)(H,17,19)/t13-/m1/s1. The third-order valence-electron chi connectivity index (χ3n) is 2.97. The molecule has 1 rings (SSSR count). The van der Waals surface area contributed by atoms with Gasteiger partial charge in [0, 0.05) is 24.2 Å². The largest absolute Gasteiger partial charge is 0.351 e. The topological polar surface area (TPSA) is 101 Å². The van der Waals surface area contributed by atoms with Gasteiger partial charge in [-0.2, -0.15) is 11.8 Å². The third-order valence-corrected chi connectivity index (χ3v) is 3.62. The molecule has 0 heterocycles. The van der Waals surface area contributed by atoms with Crippen molar-refractivity contribution >= 4 is 29.3 Å². The SMILES string of the molecule is C=CCNC(=O)[C@@H](CCSC)NC(=O)c1cccc([N+](=O)[O-])c1. The van der Waals surface area contributed by atoms with Gasteiger partial charge in [0.05, 0.1) is 4.92 Å². The molecule has 0 aliphatic heterocycles. The number of nitrogens with zero attached hydrogens (tertiary/aromatic N) is 1. The lowest BCUT2D eigenvalue weighted by Gasteiger charge is -2.17. The molecule has 124 valence electrons. The van der Waals surface area contributed by atoms with E-state index >= 15 is 0 Å². The smallest absolute Gasteiger partial charge is 0.270 e. The Hall–Kier alpha value is -2.35. The minimum Gasteiger partial charge on any atom is -0.351 e. The minimum atomic E-state index is -0.700. The maximum absolute atomic E-state index is 12.2. The first-order valence-corrected chi connectivity index (χ1v) is 8.31. The number of thioether (sulfide) groups is 1. The Morgan fingerprint density at radius 3 is 2.83 bits per heavy atom. The number of hydrogen-bond donors (Lipinski definition) is 2. The number of nitro benzene ring substituents is 1. The van der Waals surface area contributed by atoms with Gasteiger partial charge >= 0.3 is 0 Å². The predicted molar refractivity (Wildman–Crippen MR) is 90.6 cm³/mol. The van der Waals surface area contributed by atoms with Crippen LogP contribution in [0.2, 0.25) is 0 Å². The van der Waals surface area contributed by atoms with E-state index in [0.717, 1.165) is 0 Å². The highest BCUT2D eigenvalue weighted by Crippen LogP contribution is 2.13. The predicted octanol–water partition coefficient (Wildman–Crippen LogP) is 1.75. The van der Waals surface area contributed by atoms with Gasteiger partial charge in [-0.25, -0.2) is 0 Å². The molecule has 1 aromatic carbocycles. The highest BCUT2D eigenvalue weighted by atomic mass is 32.2. The highest BCUT2D eigenvalue weighted by molar-refractivity contribution is 7.98. The van der Waals surface area contributed by atoms with Crippen molar-refractivity contribution in [1.29, 1.82) is 0 Å². The molecule has 2 amide bonds. The molecule has 0 saturated carbocycles. The van der Waals surface area contributed by atoms with Gasteiger partial charge in [0.25, 0.3) is 11.6 Å². The summed E-state index contributed by atoms with van der Waals surface area (Å²) in [4.78, 5) is 34.5. The fraction of sp³-hybridized carbons (Fsp3) is 0.333. The summed E-state index contributed by atoms with van der Waals surface area (Å²) in [6.45, 7) is 3.83. The Labute approximate surface area is 138 Å². The van der Waals surface area contributed by atoms with E-state index in [4.69, 9.17) is 0 Å². The second-order valence-corrected chi connectivity index (χ2v) is 5.63. The van der Waals surface area contributed by atoms with E-state index in [1.165, 1.54) is 24.3 Å². The van der Waals surface area contributed by atoms with Crippen molar-refractivity contribution in [2.45, 2.75) is 12.5 Å². The van der Waals surface area contributed by atoms with Gasteiger partial charge in [0.15, 0.2) is 0 Å². The molecule has 0 aliphatic carbocycles. The molecule has 1 atom stereocenters.